The van der Waals surface area contributed by atoms with E-state index in [0.717, 1.165) is 13.0 Å². The van der Waals surface area contributed by atoms with Gasteiger partial charge in [-0.15, -0.1) is 0 Å². The molecular weight excluding hydrogens is 200 g/mol. The van der Waals surface area contributed by atoms with Crippen LogP contribution in [0.5, 0.6) is 0 Å². The van der Waals surface area contributed by atoms with Crippen LogP contribution in [0.25, 0.3) is 0 Å². The van der Waals surface area contributed by atoms with Gasteiger partial charge < -0.3 is 15.4 Å². The smallest absolute Gasteiger partial charge is 0.0868 e. The van der Waals surface area contributed by atoms with Crippen LogP contribution in [-0.4, -0.2) is 32.3 Å². The van der Waals surface area contributed by atoms with E-state index in [0.29, 0.717) is 12.6 Å². The molecule has 2 rings (SSSR count). The molecule has 1 aliphatic heterocycles. The van der Waals surface area contributed by atoms with Crippen molar-refractivity contribution in [2.24, 2.45) is 5.73 Å². The van der Waals surface area contributed by atoms with Crippen LogP contribution in [0.4, 0.5) is 5.69 Å². The first kappa shape index (κ1) is 11.4. The van der Waals surface area contributed by atoms with E-state index in [4.69, 9.17) is 10.5 Å². The number of benzene rings is 1. The molecule has 0 amide bonds. The maximum absolute atomic E-state index is 5.68. The average molecular weight is 220 g/mol. The quantitative estimate of drug-likeness (QED) is 0.834. The van der Waals surface area contributed by atoms with Crippen LogP contribution in [0.2, 0.25) is 0 Å². The first-order valence-corrected chi connectivity index (χ1v) is 5.83. The van der Waals surface area contributed by atoms with Gasteiger partial charge in [-0.3, -0.25) is 0 Å². The Morgan fingerprint density at radius 3 is 2.94 bits per heavy atom. The highest BCUT2D eigenvalue weighted by Crippen LogP contribution is 2.31. The summed E-state index contributed by atoms with van der Waals surface area (Å²) in [5.74, 6) is 0. The van der Waals surface area contributed by atoms with Crippen molar-refractivity contribution in [2.75, 3.05) is 25.1 Å². The highest BCUT2D eigenvalue weighted by atomic mass is 16.5. The number of nitrogens with two attached hydrogens (primary N) is 1. The van der Waals surface area contributed by atoms with Gasteiger partial charge in [0.05, 0.1) is 6.10 Å². The number of ether oxygens (including phenoxy) is 1. The molecule has 0 saturated heterocycles. The molecule has 2 N–H and O–H groups in total. The van der Waals surface area contributed by atoms with Crippen molar-refractivity contribution >= 4 is 5.69 Å². The molecule has 2 atom stereocenters. The zero-order valence-electron chi connectivity index (χ0n) is 10.0. The monoisotopic (exact) mass is 220 g/mol. The van der Waals surface area contributed by atoms with Crippen LogP contribution in [-0.2, 0) is 11.2 Å². The standard InChI is InChI=1S/C13H20N2O/c1-10-7-11-5-3-4-6-13(11)15(10)9-12(8-14)16-2/h3-6,10,12H,7-9,14H2,1-2H3. The molecule has 3 nitrogen and oxygen atoms in total. The molecule has 1 aromatic carbocycles. The normalized spacial score (nSPS) is 20.9. The van der Waals surface area contributed by atoms with Gasteiger partial charge in [-0.05, 0) is 25.0 Å². The molecule has 1 aliphatic rings. The lowest BCUT2D eigenvalue weighted by Gasteiger charge is -2.28. The summed E-state index contributed by atoms with van der Waals surface area (Å²) in [5, 5.41) is 0. The van der Waals surface area contributed by atoms with Crippen LogP contribution in [0.15, 0.2) is 24.3 Å². The van der Waals surface area contributed by atoms with E-state index in [2.05, 4.69) is 36.1 Å². The predicted molar refractivity (Wildman–Crippen MR) is 66.8 cm³/mol. The highest BCUT2D eigenvalue weighted by molar-refractivity contribution is 5.59. The Morgan fingerprint density at radius 1 is 1.50 bits per heavy atom. The number of fused-ring (bicyclic) bond motifs is 1. The van der Waals surface area contributed by atoms with E-state index in [1.54, 1.807) is 7.11 Å². The maximum Gasteiger partial charge on any atom is 0.0868 e. The Balaban J connectivity index is 2.15. The third-order valence-electron chi connectivity index (χ3n) is 3.34. The first-order valence-electron chi connectivity index (χ1n) is 5.83. The van der Waals surface area contributed by atoms with Crippen molar-refractivity contribution in [3.63, 3.8) is 0 Å². The Hall–Kier alpha value is -1.06. The predicted octanol–water partition coefficient (Wildman–Crippen LogP) is 1.41. The zero-order valence-corrected chi connectivity index (χ0v) is 10.0. The van der Waals surface area contributed by atoms with E-state index in [9.17, 15) is 0 Å². The summed E-state index contributed by atoms with van der Waals surface area (Å²) in [6.07, 6.45) is 1.24. The summed E-state index contributed by atoms with van der Waals surface area (Å²) >= 11 is 0. The van der Waals surface area contributed by atoms with Crippen molar-refractivity contribution in [3.05, 3.63) is 29.8 Å². The van der Waals surface area contributed by atoms with Crippen molar-refractivity contribution in [2.45, 2.75) is 25.5 Å². The van der Waals surface area contributed by atoms with Crippen molar-refractivity contribution in [1.82, 2.24) is 0 Å². The number of anilines is 1. The number of hydrogen-bond acceptors (Lipinski definition) is 3. The summed E-state index contributed by atoms with van der Waals surface area (Å²) < 4.78 is 5.36. The number of hydrogen-bond donors (Lipinski definition) is 1. The third-order valence-corrected chi connectivity index (χ3v) is 3.34. The summed E-state index contributed by atoms with van der Waals surface area (Å²) in [5.41, 5.74) is 8.45. The lowest BCUT2D eigenvalue weighted by Crippen LogP contribution is -2.40. The number of rotatable bonds is 4. The van der Waals surface area contributed by atoms with Crippen LogP contribution in [0.1, 0.15) is 12.5 Å². The maximum atomic E-state index is 5.68. The van der Waals surface area contributed by atoms with Crippen LogP contribution < -0.4 is 10.6 Å². The number of para-hydroxylation sites is 1. The van der Waals surface area contributed by atoms with Gasteiger partial charge in [-0.25, -0.2) is 0 Å². The molecule has 2 unspecified atom stereocenters. The molecule has 0 saturated carbocycles. The van der Waals surface area contributed by atoms with Crippen molar-refractivity contribution in [1.29, 1.82) is 0 Å². The van der Waals surface area contributed by atoms with Crippen LogP contribution in [0.3, 0.4) is 0 Å². The largest absolute Gasteiger partial charge is 0.378 e. The fraction of sp³-hybridized carbons (Fsp3) is 0.538. The molecule has 3 heteroatoms. The highest BCUT2D eigenvalue weighted by Gasteiger charge is 2.26. The van der Waals surface area contributed by atoms with E-state index < -0.39 is 0 Å². The van der Waals surface area contributed by atoms with Gasteiger partial charge in [0.1, 0.15) is 0 Å². The summed E-state index contributed by atoms with van der Waals surface area (Å²) in [6, 6.07) is 9.12. The van der Waals surface area contributed by atoms with Crippen molar-refractivity contribution < 1.29 is 4.74 Å². The van der Waals surface area contributed by atoms with Gasteiger partial charge in [0, 0.05) is 31.9 Å². The molecular formula is C13H20N2O. The van der Waals surface area contributed by atoms with Crippen molar-refractivity contribution in [3.8, 4) is 0 Å². The van der Waals surface area contributed by atoms with E-state index in [-0.39, 0.29) is 6.10 Å². The van der Waals surface area contributed by atoms with Gasteiger partial charge in [0.2, 0.25) is 0 Å². The minimum absolute atomic E-state index is 0.119. The summed E-state index contributed by atoms with van der Waals surface area (Å²) in [7, 11) is 1.73. The van der Waals surface area contributed by atoms with Gasteiger partial charge in [-0.2, -0.15) is 0 Å². The van der Waals surface area contributed by atoms with E-state index >= 15 is 0 Å². The lowest BCUT2D eigenvalue weighted by atomic mass is 10.1. The lowest BCUT2D eigenvalue weighted by molar-refractivity contribution is 0.113. The molecule has 0 spiro atoms. The second-order valence-corrected chi connectivity index (χ2v) is 4.43. The second kappa shape index (κ2) is 4.85. The molecule has 88 valence electrons. The topological polar surface area (TPSA) is 38.5 Å². The Kier molecular flexibility index (Phi) is 3.46. The molecule has 1 heterocycles. The van der Waals surface area contributed by atoms with E-state index in [1.807, 2.05) is 0 Å². The Morgan fingerprint density at radius 2 is 2.25 bits per heavy atom. The third kappa shape index (κ3) is 2.06. The fourth-order valence-electron chi connectivity index (χ4n) is 2.37. The molecule has 0 fully saturated rings. The summed E-state index contributed by atoms with van der Waals surface area (Å²) in [6.45, 7) is 3.70. The minimum Gasteiger partial charge on any atom is -0.378 e. The summed E-state index contributed by atoms with van der Waals surface area (Å²) in [4.78, 5) is 2.40. The first-order chi connectivity index (χ1) is 7.76. The van der Waals surface area contributed by atoms with Crippen LogP contribution >= 0.6 is 0 Å². The van der Waals surface area contributed by atoms with Gasteiger partial charge in [0.15, 0.2) is 0 Å². The SMILES string of the molecule is COC(CN)CN1c2ccccc2CC1C. The van der Waals surface area contributed by atoms with Gasteiger partial charge in [-0.1, -0.05) is 18.2 Å². The Bertz CT molecular complexity index is 350. The van der Waals surface area contributed by atoms with Gasteiger partial charge in [0.25, 0.3) is 0 Å². The van der Waals surface area contributed by atoms with Crippen LogP contribution in [0, 0.1) is 0 Å². The average Bonchev–Trinajstić information content (AvgIpc) is 2.62. The molecule has 0 aliphatic carbocycles. The zero-order chi connectivity index (χ0) is 11.5. The number of nitrogens with zero attached hydrogens (tertiary/aromatic N) is 1. The molecule has 16 heavy (non-hydrogen) atoms. The second-order valence-electron chi connectivity index (χ2n) is 4.43. The minimum atomic E-state index is 0.119. The number of methoxy groups -OCH3 is 1. The molecule has 0 aromatic heterocycles. The Labute approximate surface area is 97.2 Å². The van der Waals surface area contributed by atoms with E-state index in [1.165, 1.54) is 11.3 Å². The molecule has 0 radical (unpaired) electrons. The molecule has 1 aromatic rings. The molecule has 0 bridgehead atoms. The van der Waals surface area contributed by atoms with Gasteiger partial charge >= 0.3 is 0 Å². The fourth-order valence-corrected chi connectivity index (χ4v) is 2.37.